The molecule has 110 valence electrons. The molecule has 0 aliphatic rings. The molecule has 4 heteroatoms. The van der Waals surface area contributed by atoms with Crippen molar-refractivity contribution in [2.24, 2.45) is 5.92 Å². The Morgan fingerprint density at radius 2 is 1.95 bits per heavy atom. The summed E-state index contributed by atoms with van der Waals surface area (Å²) in [6, 6.07) is -2.80. The highest BCUT2D eigenvalue weighted by atomic mass is 16.5. The fourth-order valence-electron chi connectivity index (χ4n) is 1.79. The molecule has 0 saturated carbocycles. The number of aromatic carboxylic acids is 1. The molecule has 0 fully saturated rings. The van der Waals surface area contributed by atoms with Crippen LogP contribution >= 0.6 is 0 Å². The fourth-order valence-corrected chi connectivity index (χ4v) is 1.79. The van der Waals surface area contributed by atoms with Crippen molar-refractivity contribution in [2.45, 2.75) is 39.5 Å². The topological polar surface area (TPSA) is 63.6 Å². The van der Waals surface area contributed by atoms with Gasteiger partial charge in [0, 0.05) is 0 Å². The summed E-state index contributed by atoms with van der Waals surface area (Å²) in [5.41, 5.74) is -1.38. The van der Waals surface area contributed by atoms with E-state index < -0.39 is 47.2 Å². The van der Waals surface area contributed by atoms with Crippen LogP contribution in [-0.4, -0.2) is 23.7 Å². The van der Waals surface area contributed by atoms with Crippen molar-refractivity contribution in [2.75, 3.05) is 6.61 Å². The summed E-state index contributed by atoms with van der Waals surface area (Å²) in [6.45, 7) is 4.11. The highest BCUT2D eigenvalue weighted by molar-refractivity contribution is 6.02. The largest absolute Gasteiger partial charge is 0.478 e. The van der Waals surface area contributed by atoms with Crippen LogP contribution in [0.15, 0.2) is 24.2 Å². The highest BCUT2D eigenvalue weighted by Crippen LogP contribution is 2.15. The molecule has 0 amide bonds. The molecule has 1 aromatic carbocycles. The lowest BCUT2D eigenvalue weighted by atomic mass is 10.0. The first-order valence-corrected chi connectivity index (χ1v) is 6.76. The average Bonchev–Trinajstić information content (AvgIpc) is 2.55. The molecule has 4 nitrogen and oxygen atoms in total. The number of unbranched alkanes of at least 4 members (excludes halogenated alkanes) is 1. The lowest BCUT2D eigenvalue weighted by Crippen LogP contribution is -2.16. The fraction of sp³-hybridized carbons (Fsp3) is 0.500. The first kappa shape index (κ1) is 10.9. The normalized spacial score (nSPS) is 14.7. The third kappa shape index (κ3) is 4.68. The summed E-state index contributed by atoms with van der Waals surface area (Å²) in [7, 11) is 0. The average molecular weight is 282 g/mol. The standard InChI is InChI=1S/C16H22O4/c1-3-5-8-12(4-2)11-20-16(19)14-10-7-6-9-13(14)15(17)18/h6-7,9-10,12H,3-5,8,11H2,1-2H3,(H,17,18)/i6D,7D,9D,10D. The van der Waals surface area contributed by atoms with E-state index in [9.17, 15) is 14.7 Å². The van der Waals surface area contributed by atoms with Gasteiger partial charge in [0.25, 0.3) is 0 Å². The van der Waals surface area contributed by atoms with Crippen LogP contribution in [0.3, 0.4) is 0 Å². The van der Waals surface area contributed by atoms with Gasteiger partial charge in [-0.05, 0) is 24.4 Å². The van der Waals surface area contributed by atoms with Gasteiger partial charge in [-0.2, -0.15) is 0 Å². The van der Waals surface area contributed by atoms with Crippen LogP contribution in [0.25, 0.3) is 0 Å². The van der Waals surface area contributed by atoms with Gasteiger partial charge in [-0.3, -0.25) is 0 Å². The molecule has 1 unspecified atom stereocenters. The van der Waals surface area contributed by atoms with Gasteiger partial charge < -0.3 is 9.84 Å². The van der Waals surface area contributed by atoms with Crippen LogP contribution in [0.2, 0.25) is 0 Å². The summed E-state index contributed by atoms with van der Waals surface area (Å²) in [5.74, 6) is -2.49. The number of hydrogen-bond donors (Lipinski definition) is 1. The van der Waals surface area contributed by atoms with Gasteiger partial charge in [0.1, 0.15) is 0 Å². The number of carbonyl (C=O) groups is 2. The Balaban J connectivity index is 3.12. The second-order valence-corrected chi connectivity index (χ2v) is 4.57. The predicted molar refractivity (Wildman–Crippen MR) is 77.0 cm³/mol. The van der Waals surface area contributed by atoms with Crippen molar-refractivity contribution in [1.29, 1.82) is 0 Å². The molecule has 0 heterocycles. The Bertz CT molecular complexity index is 631. The second kappa shape index (κ2) is 8.35. The van der Waals surface area contributed by atoms with Crippen LogP contribution in [0.5, 0.6) is 0 Å². The van der Waals surface area contributed by atoms with Crippen LogP contribution in [0, 0.1) is 5.92 Å². The van der Waals surface area contributed by atoms with Crippen molar-refractivity contribution < 1.29 is 24.9 Å². The summed E-state index contributed by atoms with van der Waals surface area (Å²) >= 11 is 0. The molecule has 1 rings (SSSR count). The highest BCUT2D eigenvalue weighted by Gasteiger charge is 2.18. The molecule has 1 atom stereocenters. The van der Waals surface area contributed by atoms with E-state index in [-0.39, 0.29) is 12.5 Å². The number of ether oxygens (including phenoxy) is 1. The zero-order valence-electron chi connectivity index (χ0n) is 15.8. The van der Waals surface area contributed by atoms with Crippen molar-refractivity contribution in [3.05, 3.63) is 35.3 Å². The van der Waals surface area contributed by atoms with E-state index in [1.807, 2.05) is 6.92 Å². The number of esters is 1. The van der Waals surface area contributed by atoms with Crippen LogP contribution in [-0.2, 0) is 4.74 Å². The van der Waals surface area contributed by atoms with E-state index in [0.717, 1.165) is 25.7 Å². The Kier molecular flexibility index (Phi) is 4.55. The number of rotatable bonds is 8. The van der Waals surface area contributed by atoms with Gasteiger partial charge in [-0.1, -0.05) is 45.2 Å². The molecular weight excluding hydrogens is 256 g/mol. The lowest BCUT2D eigenvalue weighted by Gasteiger charge is -2.15. The number of carboxylic acid groups (broad SMARTS) is 1. The Morgan fingerprint density at radius 3 is 2.50 bits per heavy atom. The molecule has 0 aromatic heterocycles. The smallest absolute Gasteiger partial charge is 0.339 e. The van der Waals surface area contributed by atoms with Crippen LogP contribution in [0.1, 0.15) is 65.7 Å². The van der Waals surface area contributed by atoms with Gasteiger partial charge in [0.2, 0.25) is 0 Å². The maximum absolute atomic E-state index is 12.3. The zero-order valence-corrected chi connectivity index (χ0v) is 11.8. The Hall–Kier alpha value is -1.84. The van der Waals surface area contributed by atoms with E-state index in [2.05, 4.69) is 6.92 Å². The molecule has 0 aliphatic heterocycles. The summed E-state index contributed by atoms with van der Waals surface area (Å²) in [4.78, 5) is 23.6. The van der Waals surface area contributed by atoms with Crippen molar-refractivity contribution in [1.82, 2.24) is 0 Å². The number of carboxylic acids is 1. The predicted octanol–water partition coefficient (Wildman–Crippen LogP) is 3.76. The molecule has 20 heavy (non-hydrogen) atoms. The molecule has 1 N–H and O–H groups in total. The maximum atomic E-state index is 12.3. The number of benzene rings is 1. The van der Waals surface area contributed by atoms with E-state index in [0.29, 0.717) is 0 Å². The minimum atomic E-state index is -1.59. The number of hydrogen-bond acceptors (Lipinski definition) is 3. The van der Waals surface area contributed by atoms with Crippen LogP contribution in [0.4, 0.5) is 0 Å². The molecule has 0 aliphatic carbocycles. The monoisotopic (exact) mass is 282 g/mol. The third-order valence-corrected chi connectivity index (χ3v) is 3.10. The van der Waals surface area contributed by atoms with Crippen molar-refractivity contribution in [3.63, 3.8) is 0 Å². The summed E-state index contributed by atoms with van der Waals surface area (Å²) in [6.07, 6.45) is 3.67. The van der Waals surface area contributed by atoms with Gasteiger partial charge >= 0.3 is 11.9 Å². The molecular formula is C16H22O4. The minimum Gasteiger partial charge on any atom is -0.478 e. The quantitative estimate of drug-likeness (QED) is 0.737. The molecule has 0 saturated heterocycles. The van der Waals surface area contributed by atoms with Crippen LogP contribution < -0.4 is 0 Å². The summed E-state index contributed by atoms with van der Waals surface area (Å²) in [5, 5.41) is 9.22. The lowest BCUT2D eigenvalue weighted by molar-refractivity contribution is 0.0420. The number of carbonyl (C=O) groups excluding carboxylic acids is 1. The Labute approximate surface area is 125 Å². The molecule has 1 aromatic rings. The van der Waals surface area contributed by atoms with Gasteiger partial charge in [0.05, 0.1) is 23.2 Å². The first-order chi connectivity index (χ1) is 11.3. The van der Waals surface area contributed by atoms with Gasteiger partial charge in [-0.15, -0.1) is 0 Å². The van der Waals surface area contributed by atoms with E-state index in [1.54, 1.807) is 0 Å². The zero-order chi connectivity index (χ0) is 18.4. The molecule has 0 spiro atoms. The third-order valence-electron chi connectivity index (χ3n) is 3.10. The van der Waals surface area contributed by atoms with Gasteiger partial charge in [0.15, 0.2) is 0 Å². The van der Waals surface area contributed by atoms with E-state index in [1.165, 1.54) is 0 Å². The van der Waals surface area contributed by atoms with Gasteiger partial charge in [-0.25, -0.2) is 9.59 Å². The minimum absolute atomic E-state index is 0.0944. The van der Waals surface area contributed by atoms with Crippen molar-refractivity contribution >= 4 is 11.9 Å². The Morgan fingerprint density at radius 1 is 1.30 bits per heavy atom. The summed E-state index contributed by atoms with van der Waals surface area (Å²) < 4.78 is 35.7. The second-order valence-electron chi connectivity index (χ2n) is 4.57. The SMILES string of the molecule is [2H]c1c([2H])c([2H])c(C(=O)OCC(CC)CCCC)c(C(=O)O)c1[2H]. The first-order valence-electron chi connectivity index (χ1n) is 8.76. The van der Waals surface area contributed by atoms with Crippen molar-refractivity contribution in [3.8, 4) is 0 Å². The molecule has 0 radical (unpaired) electrons. The van der Waals surface area contributed by atoms with E-state index >= 15 is 0 Å². The molecule has 0 bridgehead atoms. The van der Waals surface area contributed by atoms with E-state index in [4.69, 9.17) is 10.2 Å². The maximum Gasteiger partial charge on any atom is 0.339 e.